The van der Waals surface area contributed by atoms with Gasteiger partial charge >= 0.3 is 0 Å². The zero-order chi connectivity index (χ0) is 23.3. The molecule has 0 unspecified atom stereocenters. The Morgan fingerprint density at radius 3 is 2.50 bits per heavy atom. The Kier molecular flexibility index (Phi) is 8.38. The van der Waals surface area contributed by atoms with E-state index >= 15 is 0 Å². The molecule has 0 N–H and O–H groups in total. The number of rotatable bonds is 7. The predicted octanol–water partition coefficient (Wildman–Crippen LogP) is 1.35. The maximum Gasteiger partial charge on any atom is 0.236 e. The zero-order valence-electron chi connectivity index (χ0n) is 19.6. The number of likely N-dealkylation sites (N-methyl/N-ethyl adjacent to an activating group) is 2. The van der Waals surface area contributed by atoms with E-state index in [0.29, 0.717) is 50.1 Å². The van der Waals surface area contributed by atoms with Crippen LogP contribution in [0.25, 0.3) is 0 Å². The van der Waals surface area contributed by atoms with Gasteiger partial charge in [-0.2, -0.15) is 0 Å². The molecule has 2 saturated heterocycles. The molecular weight excluding hydrogens is 432 g/mol. The third-order valence-electron chi connectivity index (χ3n) is 6.01. The minimum atomic E-state index is -0.895. The number of ether oxygens (including phenoxy) is 2. The summed E-state index contributed by atoms with van der Waals surface area (Å²) in [6, 6.07) is 5.47. The lowest BCUT2D eigenvalue weighted by atomic mass is 9.96. The average Bonchev–Trinajstić information content (AvgIpc) is 2.75. The first-order valence-corrected chi connectivity index (χ1v) is 11.5. The monoisotopic (exact) mass is 466 g/mol. The van der Waals surface area contributed by atoms with E-state index in [4.69, 9.17) is 21.1 Å². The van der Waals surface area contributed by atoms with Gasteiger partial charge in [-0.15, -0.1) is 0 Å². The summed E-state index contributed by atoms with van der Waals surface area (Å²) in [7, 11) is 5.80. The van der Waals surface area contributed by atoms with Gasteiger partial charge in [0.1, 0.15) is 18.0 Å². The Morgan fingerprint density at radius 2 is 1.84 bits per heavy atom. The van der Waals surface area contributed by atoms with Gasteiger partial charge in [-0.25, -0.2) is 0 Å². The van der Waals surface area contributed by atoms with Crippen molar-refractivity contribution >= 4 is 23.4 Å². The Bertz CT molecular complexity index is 813. The summed E-state index contributed by atoms with van der Waals surface area (Å²) in [6.45, 7) is 6.74. The Hall–Kier alpha value is -1.87. The summed E-state index contributed by atoms with van der Waals surface area (Å²) >= 11 is 6.14. The smallest absolute Gasteiger partial charge is 0.236 e. The predicted molar refractivity (Wildman–Crippen MR) is 124 cm³/mol. The molecule has 2 heterocycles. The number of morpholine rings is 1. The van der Waals surface area contributed by atoms with Crippen LogP contribution in [-0.2, 0) is 14.3 Å². The molecule has 32 heavy (non-hydrogen) atoms. The van der Waals surface area contributed by atoms with Gasteiger partial charge in [0.25, 0.3) is 0 Å². The van der Waals surface area contributed by atoms with Crippen LogP contribution < -0.4 is 4.74 Å². The number of carbonyl (C=O) groups is 2. The van der Waals surface area contributed by atoms with E-state index in [2.05, 4.69) is 11.9 Å². The van der Waals surface area contributed by atoms with Gasteiger partial charge in [0.2, 0.25) is 11.8 Å². The van der Waals surface area contributed by atoms with Crippen molar-refractivity contribution in [3.63, 3.8) is 0 Å². The first-order chi connectivity index (χ1) is 15.2. The highest BCUT2D eigenvalue weighted by molar-refractivity contribution is 6.31. The topological polar surface area (TPSA) is 65.6 Å². The van der Waals surface area contributed by atoms with E-state index in [-0.39, 0.29) is 24.8 Å². The van der Waals surface area contributed by atoms with E-state index in [1.54, 1.807) is 11.0 Å². The first-order valence-electron chi connectivity index (χ1n) is 11.1. The molecule has 2 aliphatic heterocycles. The van der Waals surface area contributed by atoms with Crippen LogP contribution in [-0.4, -0.2) is 117 Å². The second-order valence-electron chi connectivity index (χ2n) is 9.15. The molecule has 1 aromatic rings. The van der Waals surface area contributed by atoms with Crippen LogP contribution in [0.4, 0.5) is 0 Å². The number of hydrogen-bond acceptors (Lipinski definition) is 6. The summed E-state index contributed by atoms with van der Waals surface area (Å²) in [5.41, 5.74) is 0.0212. The van der Waals surface area contributed by atoms with E-state index in [1.807, 2.05) is 43.0 Å². The molecule has 2 aliphatic rings. The summed E-state index contributed by atoms with van der Waals surface area (Å²) in [4.78, 5) is 33.7. The highest BCUT2D eigenvalue weighted by Crippen LogP contribution is 2.27. The highest BCUT2D eigenvalue weighted by atomic mass is 35.5. The molecule has 0 aromatic heterocycles. The Labute approximate surface area is 196 Å². The van der Waals surface area contributed by atoms with Crippen LogP contribution in [0.3, 0.4) is 0 Å². The normalized spacial score (nSPS) is 22.3. The van der Waals surface area contributed by atoms with Crippen molar-refractivity contribution in [1.29, 1.82) is 0 Å². The molecule has 0 spiro atoms. The summed E-state index contributed by atoms with van der Waals surface area (Å²) in [5.74, 6) is 0.728. The lowest BCUT2D eigenvalue weighted by Gasteiger charge is -2.43. The molecule has 0 bridgehead atoms. The molecule has 0 radical (unpaired) electrons. The van der Waals surface area contributed by atoms with Crippen LogP contribution in [0, 0.1) is 6.92 Å². The molecular formula is C23H35ClN4O4. The van der Waals surface area contributed by atoms with E-state index in [0.717, 1.165) is 18.7 Å². The SMILES string of the molecule is Cc1cc(OC[C@]2(CC(=O)N3CCN(C)CC3)CN(C(=O)CN(C)C)CCO2)ccc1Cl. The fourth-order valence-corrected chi connectivity index (χ4v) is 4.16. The number of nitrogens with zero attached hydrogens (tertiary/aromatic N) is 4. The van der Waals surface area contributed by atoms with Gasteiger partial charge in [-0.05, 0) is 51.8 Å². The first kappa shape index (κ1) is 24.8. The van der Waals surface area contributed by atoms with Gasteiger partial charge in [0.05, 0.1) is 26.1 Å². The zero-order valence-corrected chi connectivity index (χ0v) is 20.4. The number of carbonyl (C=O) groups excluding carboxylic acids is 2. The quantitative estimate of drug-likeness (QED) is 0.604. The number of piperazine rings is 1. The third-order valence-corrected chi connectivity index (χ3v) is 6.44. The maximum atomic E-state index is 13.2. The minimum absolute atomic E-state index is 0.0251. The second-order valence-corrected chi connectivity index (χ2v) is 9.55. The van der Waals surface area contributed by atoms with Crippen molar-refractivity contribution in [1.82, 2.24) is 19.6 Å². The summed E-state index contributed by atoms with van der Waals surface area (Å²) in [6.07, 6.45) is 0.176. The van der Waals surface area contributed by atoms with Crippen LogP contribution in [0.15, 0.2) is 18.2 Å². The van der Waals surface area contributed by atoms with E-state index < -0.39 is 5.60 Å². The molecule has 0 saturated carbocycles. The fraction of sp³-hybridized carbons (Fsp3) is 0.652. The molecule has 1 aromatic carbocycles. The van der Waals surface area contributed by atoms with Crippen LogP contribution in [0.1, 0.15) is 12.0 Å². The van der Waals surface area contributed by atoms with Crippen molar-refractivity contribution in [2.45, 2.75) is 18.9 Å². The van der Waals surface area contributed by atoms with Gasteiger partial charge in [-0.3, -0.25) is 9.59 Å². The van der Waals surface area contributed by atoms with Crippen LogP contribution >= 0.6 is 11.6 Å². The molecule has 9 heteroatoms. The molecule has 0 aliphatic carbocycles. The number of amides is 2. The molecule has 178 valence electrons. The molecule has 1 atom stereocenters. The van der Waals surface area contributed by atoms with Gasteiger partial charge < -0.3 is 29.1 Å². The van der Waals surface area contributed by atoms with E-state index in [1.165, 1.54) is 0 Å². The largest absolute Gasteiger partial charge is 0.490 e. The lowest BCUT2D eigenvalue weighted by Crippen LogP contribution is -2.60. The minimum Gasteiger partial charge on any atom is -0.490 e. The van der Waals surface area contributed by atoms with Gasteiger partial charge in [0.15, 0.2) is 0 Å². The second kappa shape index (κ2) is 10.8. The molecule has 2 fully saturated rings. The third kappa shape index (κ3) is 6.57. The Balaban J connectivity index is 1.75. The van der Waals surface area contributed by atoms with E-state index in [9.17, 15) is 9.59 Å². The van der Waals surface area contributed by atoms with Gasteiger partial charge in [-0.1, -0.05) is 11.6 Å². The maximum absolute atomic E-state index is 13.2. The van der Waals surface area contributed by atoms with Crippen molar-refractivity contribution in [3.8, 4) is 5.75 Å². The van der Waals surface area contributed by atoms with Crippen LogP contribution in [0.2, 0.25) is 5.02 Å². The molecule has 8 nitrogen and oxygen atoms in total. The standard InChI is InChI=1S/C23H35ClN4O4/c1-18-13-19(5-6-20(18)24)31-17-23(14-21(29)27-9-7-26(4)8-10-27)16-28(11-12-32-23)22(30)15-25(2)3/h5-6,13H,7-12,14-17H2,1-4H3/t23-/m0/s1. The fourth-order valence-electron chi connectivity index (χ4n) is 4.04. The van der Waals surface area contributed by atoms with Crippen molar-refractivity contribution in [3.05, 3.63) is 28.8 Å². The highest BCUT2D eigenvalue weighted by Gasteiger charge is 2.42. The molecule has 2 amide bonds. The Morgan fingerprint density at radius 1 is 1.12 bits per heavy atom. The number of aryl methyl sites for hydroxylation is 1. The number of halogens is 1. The average molecular weight is 467 g/mol. The lowest BCUT2D eigenvalue weighted by molar-refractivity contribution is -0.166. The number of hydrogen-bond donors (Lipinski definition) is 0. The van der Waals surface area contributed by atoms with Crippen LogP contribution in [0.5, 0.6) is 5.75 Å². The van der Waals surface area contributed by atoms with Crippen molar-refractivity contribution in [2.75, 3.05) is 80.2 Å². The van der Waals surface area contributed by atoms with Crippen molar-refractivity contribution in [2.24, 2.45) is 0 Å². The molecule has 3 rings (SSSR count). The number of benzene rings is 1. The van der Waals surface area contributed by atoms with Crippen molar-refractivity contribution < 1.29 is 19.1 Å². The summed E-state index contributed by atoms with van der Waals surface area (Å²) in [5, 5.41) is 0.673. The summed E-state index contributed by atoms with van der Waals surface area (Å²) < 4.78 is 12.3. The van der Waals surface area contributed by atoms with Gasteiger partial charge in [0, 0.05) is 37.7 Å².